The number of aliphatic carboxylic acids is 1. The van der Waals surface area contributed by atoms with Crippen molar-refractivity contribution in [3.8, 4) is 0 Å². The van der Waals surface area contributed by atoms with Crippen LogP contribution in [0.5, 0.6) is 0 Å². The second-order valence-electron chi connectivity index (χ2n) is 4.90. The fraction of sp³-hybridized carbons (Fsp3) is 0.692. The van der Waals surface area contributed by atoms with Gasteiger partial charge in [-0.05, 0) is 39.3 Å². The molecule has 5 nitrogen and oxygen atoms in total. The zero-order valence-corrected chi connectivity index (χ0v) is 11.2. The Morgan fingerprint density at radius 3 is 2.72 bits per heavy atom. The number of aromatic nitrogens is 2. The van der Waals surface area contributed by atoms with Crippen LogP contribution in [0.15, 0.2) is 12.3 Å². The highest BCUT2D eigenvalue weighted by molar-refractivity contribution is 5.70. The molecule has 3 N–H and O–H groups in total. The van der Waals surface area contributed by atoms with E-state index in [2.05, 4.69) is 5.10 Å². The molecule has 102 valence electrons. The lowest BCUT2D eigenvalue weighted by Crippen LogP contribution is -2.17. The number of rotatable bonds is 8. The summed E-state index contributed by atoms with van der Waals surface area (Å²) in [5.41, 5.74) is 6.27. The van der Waals surface area contributed by atoms with E-state index in [-0.39, 0.29) is 5.92 Å². The SMILES string of the molecule is CC(C)n1ccc(CC(CCCCN)C(=O)O)n1. The van der Waals surface area contributed by atoms with Gasteiger partial charge < -0.3 is 10.8 Å². The first-order valence-electron chi connectivity index (χ1n) is 6.51. The first kappa shape index (κ1) is 14.7. The standard InChI is InChI=1S/C13H23N3O2/c1-10(2)16-8-6-12(15-16)9-11(13(17)18)5-3-4-7-14/h6,8,10-11H,3-5,7,9,14H2,1-2H3,(H,17,18). The molecule has 0 saturated heterocycles. The van der Waals surface area contributed by atoms with Gasteiger partial charge in [0.2, 0.25) is 0 Å². The van der Waals surface area contributed by atoms with Crippen LogP contribution in [0.3, 0.4) is 0 Å². The van der Waals surface area contributed by atoms with Gasteiger partial charge in [-0.1, -0.05) is 6.42 Å². The highest BCUT2D eigenvalue weighted by atomic mass is 16.4. The highest BCUT2D eigenvalue weighted by Gasteiger charge is 2.18. The van der Waals surface area contributed by atoms with Crippen LogP contribution in [0.4, 0.5) is 0 Å². The number of nitrogens with zero attached hydrogens (tertiary/aromatic N) is 2. The number of unbranched alkanes of at least 4 members (excludes halogenated alkanes) is 1. The number of carboxylic acids is 1. The van der Waals surface area contributed by atoms with Gasteiger partial charge in [-0.3, -0.25) is 9.48 Å². The molecule has 18 heavy (non-hydrogen) atoms. The second kappa shape index (κ2) is 7.16. The summed E-state index contributed by atoms with van der Waals surface area (Å²) in [6.07, 6.45) is 4.81. The molecule has 0 aromatic carbocycles. The van der Waals surface area contributed by atoms with E-state index in [1.165, 1.54) is 0 Å². The third kappa shape index (κ3) is 4.49. The predicted octanol–water partition coefficient (Wildman–Crippen LogP) is 1.84. The summed E-state index contributed by atoms with van der Waals surface area (Å²) < 4.78 is 1.86. The molecule has 1 unspecified atom stereocenters. The van der Waals surface area contributed by atoms with Crippen LogP contribution in [0, 0.1) is 5.92 Å². The molecule has 0 radical (unpaired) electrons. The van der Waals surface area contributed by atoms with Crippen LogP contribution < -0.4 is 5.73 Å². The average molecular weight is 253 g/mol. The van der Waals surface area contributed by atoms with Crippen molar-refractivity contribution >= 4 is 5.97 Å². The second-order valence-corrected chi connectivity index (χ2v) is 4.90. The van der Waals surface area contributed by atoms with Crippen LogP contribution in [-0.2, 0) is 11.2 Å². The Kier molecular flexibility index (Phi) is 5.85. The van der Waals surface area contributed by atoms with E-state index in [4.69, 9.17) is 5.73 Å². The van der Waals surface area contributed by atoms with Crippen molar-refractivity contribution in [3.05, 3.63) is 18.0 Å². The molecule has 5 heteroatoms. The van der Waals surface area contributed by atoms with E-state index in [1.54, 1.807) is 0 Å². The summed E-state index contributed by atoms with van der Waals surface area (Å²) in [6, 6.07) is 2.21. The van der Waals surface area contributed by atoms with Crippen molar-refractivity contribution in [2.75, 3.05) is 6.54 Å². The first-order chi connectivity index (χ1) is 8.54. The van der Waals surface area contributed by atoms with Crippen molar-refractivity contribution in [1.29, 1.82) is 0 Å². The maximum Gasteiger partial charge on any atom is 0.306 e. The molecule has 0 spiro atoms. The number of carboxylic acid groups (broad SMARTS) is 1. The van der Waals surface area contributed by atoms with Crippen LogP contribution in [0.2, 0.25) is 0 Å². The van der Waals surface area contributed by atoms with Gasteiger partial charge in [-0.15, -0.1) is 0 Å². The monoisotopic (exact) mass is 253 g/mol. The number of hydrogen-bond donors (Lipinski definition) is 2. The lowest BCUT2D eigenvalue weighted by Gasteiger charge is -2.10. The molecular formula is C13H23N3O2. The fourth-order valence-corrected chi connectivity index (χ4v) is 1.87. The summed E-state index contributed by atoms with van der Waals surface area (Å²) in [7, 11) is 0. The Hall–Kier alpha value is -1.36. The minimum Gasteiger partial charge on any atom is -0.481 e. The number of nitrogens with two attached hydrogens (primary N) is 1. The Balaban J connectivity index is 2.56. The molecule has 0 bridgehead atoms. The smallest absolute Gasteiger partial charge is 0.306 e. The zero-order valence-electron chi connectivity index (χ0n) is 11.2. The molecule has 1 aromatic heterocycles. The summed E-state index contributed by atoms with van der Waals surface area (Å²) in [5, 5.41) is 13.6. The van der Waals surface area contributed by atoms with Crippen molar-refractivity contribution in [1.82, 2.24) is 9.78 Å². The van der Waals surface area contributed by atoms with E-state index >= 15 is 0 Å². The lowest BCUT2D eigenvalue weighted by molar-refractivity contribution is -0.142. The Morgan fingerprint density at radius 2 is 2.22 bits per heavy atom. The van der Waals surface area contributed by atoms with E-state index in [0.29, 0.717) is 25.4 Å². The molecule has 0 fully saturated rings. The minimum atomic E-state index is -0.744. The molecule has 1 atom stereocenters. The van der Waals surface area contributed by atoms with E-state index in [0.717, 1.165) is 18.5 Å². The third-order valence-electron chi connectivity index (χ3n) is 3.00. The van der Waals surface area contributed by atoms with Gasteiger partial charge in [0.25, 0.3) is 0 Å². The van der Waals surface area contributed by atoms with Gasteiger partial charge in [0.05, 0.1) is 11.6 Å². The molecule has 0 aliphatic heterocycles. The van der Waals surface area contributed by atoms with Crippen molar-refractivity contribution in [2.24, 2.45) is 11.7 Å². The topological polar surface area (TPSA) is 81.1 Å². The fourth-order valence-electron chi connectivity index (χ4n) is 1.87. The van der Waals surface area contributed by atoms with E-state index in [1.807, 2.05) is 30.8 Å². The van der Waals surface area contributed by atoms with Gasteiger partial charge in [-0.2, -0.15) is 5.10 Å². The quantitative estimate of drug-likeness (QED) is 0.693. The Bertz CT molecular complexity index is 374. The highest BCUT2D eigenvalue weighted by Crippen LogP contribution is 2.15. The third-order valence-corrected chi connectivity index (χ3v) is 3.00. The van der Waals surface area contributed by atoms with Crippen LogP contribution in [0.25, 0.3) is 0 Å². The normalized spacial score (nSPS) is 12.9. The van der Waals surface area contributed by atoms with Crippen molar-refractivity contribution in [3.63, 3.8) is 0 Å². The minimum absolute atomic E-state index is 0.305. The van der Waals surface area contributed by atoms with Crippen LogP contribution in [0.1, 0.15) is 44.8 Å². The summed E-state index contributed by atoms with van der Waals surface area (Å²) in [6.45, 7) is 4.72. The largest absolute Gasteiger partial charge is 0.481 e. The molecule has 0 aliphatic carbocycles. The predicted molar refractivity (Wildman–Crippen MR) is 70.3 cm³/mol. The van der Waals surface area contributed by atoms with Gasteiger partial charge in [0.1, 0.15) is 0 Å². The first-order valence-corrected chi connectivity index (χ1v) is 6.51. The van der Waals surface area contributed by atoms with Gasteiger partial charge in [-0.25, -0.2) is 0 Å². The number of carbonyl (C=O) groups is 1. The molecule has 1 heterocycles. The zero-order chi connectivity index (χ0) is 13.5. The van der Waals surface area contributed by atoms with Gasteiger partial charge >= 0.3 is 5.97 Å². The maximum atomic E-state index is 11.2. The van der Waals surface area contributed by atoms with Crippen molar-refractivity contribution in [2.45, 2.75) is 45.6 Å². The average Bonchev–Trinajstić information content (AvgIpc) is 2.76. The molecule has 1 rings (SSSR count). The molecule has 0 amide bonds. The van der Waals surface area contributed by atoms with E-state index in [9.17, 15) is 9.90 Å². The molecular weight excluding hydrogens is 230 g/mol. The summed E-state index contributed by atoms with van der Waals surface area (Å²) in [5.74, 6) is -1.10. The van der Waals surface area contributed by atoms with Crippen LogP contribution in [-0.4, -0.2) is 27.4 Å². The molecule has 0 aliphatic rings. The molecule has 1 aromatic rings. The van der Waals surface area contributed by atoms with Crippen LogP contribution >= 0.6 is 0 Å². The van der Waals surface area contributed by atoms with E-state index < -0.39 is 5.97 Å². The lowest BCUT2D eigenvalue weighted by atomic mass is 9.97. The Morgan fingerprint density at radius 1 is 1.50 bits per heavy atom. The summed E-state index contributed by atoms with van der Waals surface area (Å²) in [4.78, 5) is 11.2. The van der Waals surface area contributed by atoms with Gasteiger partial charge in [0, 0.05) is 18.7 Å². The summed E-state index contributed by atoms with van der Waals surface area (Å²) >= 11 is 0. The molecule has 0 saturated carbocycles. The van der Waals surface area contributed by atoms with Crippen molar-refractivity contribution < 1.29 is 9.90 Å². The number of hydrogen-bond acceptors (Lipinski definition) is 3. The maximum absolute atomic E-state index is 11.2. The Labute approximate surface area is 108 Å². The van der Waals surface area contributed by atoms with Gasteiger partial charge in [0.15, 0.2) is 0 Å².